The van der Waals surface area contributed by atoms with Crippen molar-refractivity contribution in [3.8, 4) is 17.6 Å². The zero-order chi connectivity index (χ0) is 16.8. The maximum Gasteiger partial charge on any atom is 0.349 e. The Bertz CT molecular complexity index is 665. The number of benzene rings is 1. The van der Waals surface area contributed by atoms with Crippen LogP contribution >= 0.6 is 11.6 Å². The Morgan fingerprint density at radius 1 is 1.48 bits per heavy atom. The second-order valence-electron chi connectivity index (χ2n) is 4.87. The summed E-state index contributed by atoms with van der Waals surface area (Å²) < 4.78 is 20.9. The van der Waals surface area contributed by atoms with Crippen molar-refractivity contribution >= 4 is 23.6 Å². The quantitative estimate of drug-likeness (QED) is 0.467. The van der Waals surface area contributed by atoms with Crippen molar-refractivity contribution in [3.63, 3.8) is 0 Å². The predicted molar refractivity (Wildman–Crippen MR) is 83.5 cm³/mol. The lowest BCUT2D eigenvalue weighted by molar-refractivity contribution is -0.145. The van der Waals surface area contributed by atoms with E-state index in [-0.39, 0.29) is 12.2 Å². The van der Waals surface area contributed by atoms with Crippen molar-refractivity contribution in [2.45, 2.75) is 13.0 Å². The van der Waals surface area contributed by atoms with E-state index in [0.717, 1.165) is 0 Å². The summed E-state index contributed by atoms with van der Waals surface area (Å²) in [4.78, 5) is 12.0. The number of rotatable bonds is 5. The summed E-state index contributed by atoms with van der Waals surface area (Å²) in [6, 6.07) is 5.08. The van der Waals surface area contributed by atoms with Crippen molar-refractivity contribution in [2.24, 2.45) is 0 Å². The molecule has 0 radical (unpaired) electrons. The van der Waals surface area contributed by atoms with Crippen LogP contribution in [-0.2, 0) is 14.3 Å². The topological polar surface area (TPSA) is 77.8 Å². The Hall–Kier alpha value is -2.23. The molecule has 0 amide bonds. The molecule has 2 rings (SSSR count). The second-order valence-corrected chi connectivity index (χ2v) is 5.28. The van der Waals surface area contributed by atoms with Crippen LogP contribution in [0.2, 0.25) is 5.02 Å². The molecule has 1 heterocycles. The van der Waals surface area contributed by atoms with Crippen LogP contribution in [0.3, 0.4) is 0 Å². The number of fused-ring (bicyclic) bond motifs is 1. The number of nitriles is 1. The Morgan fingerprint density at radius 3 is 2.91 bits per heavy atom. The molecule has 0 saturated heterocycles. The fourth-order valence-corrected chi connectivity index (χ4v) is 2.31. The first-order chi connectivity index (χ1) is 11.0. The summed E-state index contributed by atoms with van der Waals surface area (Å²) in [5, 5.41) is 9.52. The van der Waals surface area contributed by atoms with E-state index < -0.39 is 12.1 Å². The Kier molecular flexibility index (Phi) is 5.85. The third kappa shape index (κ3) is 4.38. The summed E-state index contributed by atoms with van der Waals surface area (Å²) in [5.41, 5.74) is 0.410. The molecule has 0 aromatic heterocycles. The number of nitrogens with zero attached hydrogens (tertiary/aromatic N) is 1. The van der Waals surface area contributed by atoms with E-state index in [4.69, 9.17) is 35.8 Å². The number of hydrogen-bond donors (Lipinski definition) is 0. The van der Waals surface area contributed by atoms with Gasteiger partial charge in [-0.3, -0.25) is 0 Å². The molecule has 0 fully saturated rings. The van der Waals surface area contributed by atoms with Crippen LogP contribution in [0.25, 0.3) is 6.08 Å². The molecule has 122 valence electrons. The zero-order valence-electron chi connectivity index (χ0n) is 12.8. The minimum absolute atomic E-state index is 0.138. The van der Waals surface area contributed by atoms with Crippen molar-refractivity contribution in [2.75, 3.05) is 26.9 Å². The third-order valence-corrected chi connectivity index (χ3v) is 3.26. The Labute approximate surface area is 139 Å². The summed E-state index contributed by atoms with van der Waals surface area (Å²) in [5.74, 6) is 0.223. The van der Waals surface area contributed by atoms with Crippen LogP contribution in [0.1, 0.15) is 12.5 Å². The highest BCUT2D eigenvalue weighted by Crippen LogP contribution is 2.38. The number of carbonyl (C=O) groups excluding carboxylic acids is 1. The van der Waals surface area contributed by atoms with Gasteiger partial charge in [-0.2, -0.15) is 5.26 Å². The smallest absolute Gasteiger partial charge is 0.349 e. The van der Waals surface area contributed by atoms with Crippen LogP contribution in [0.4, 0.5) is 0 Å². The van der Waals surface area contributed by atoms with Crippen LogP contribution in [0, 0.1) is 11.3 Å². The van der Waals surface area contributed by atoms with Gasteiger partial charge in [0.15, 0.2) is 11.5 Å². The molecule has 1 aliphatic rings. The Balaban J connectivity index is 2.23. The van der Waals surface area contributed by atoms with Crippen LogP contribution in [0.5, 0.6) is 11.5 Å². The highest BCUT2D eigenvalue weighted by Gasteiger charge is 2.18. The van der Waals surface area contributed by atoms with E-state index in [0.29, 0.717) is 35.3 Å². The van der Waals surface area contributed by atoms with Gasteiger partial charge in [0.05, 0.1) is 11.6 Å². The summed E-state index contributed by atoms with van der Waals surface area (Å²) in [7, 11) is 1.50. The van der Waals surface area contributed by atoms with E-state index in [9.17, 15) is 4.79 Å². The molecule has 0 aliphatic carbocycles. The van der Waals surface area contributed by atoms with Crippen molar-refractivity contribution in [1.29, 1.82) is 5.26 Å². The first-order valence-corrected chi connectivity index (χ1v) is 7.33. The van der Waals surface area contributed by atoms with Crippen molar-refractivity contribution in [1.82, 2.24) is 0 Å². The largest absolute Gasteiger partial charge is 0.486 e. The molecule has 7 heteroatoms. The monoisotopic (exact) mass is 337 g/mol. The van der Waals surface area contributed by atoms with Gasteiger partial charge in [0.1, 0.15) is 31.0 Å². The van der Waals surface area contributed by atoms with E-state index in [2.05, 4.69) is 0 Å². The fourth-order valence-electron chi connectivity index (χ4n) is 2.03. The minimum Gasteiger partial charge on any atom is -0.486 e. The van der Waals surface area contributed by atoms with Gasteiger partial charge in [-0.25, -0.2) is 4.79 Å². The normalized spacial score (nSPS) is 14.8. The van der Waals surface area contributed by atoms with Gasteiger partial charge in [0, 0.05) is 7.11 Å². The molecule has 0 spiro atoms. The number of esters is 1. The summed E-state index contributed by atoms with van der Waals surface area (Å²) >= 11 is 6.13. The van der Waals surface area contributed by atoms with Gasteiger partial charge in [-0.1, -0.05) is 11.6 Å². The molecule has 23 heavy (non-hydrogen) atoms. The summed E-state index contributed by atoms with van der Waals surface area (Å²) in [6.45, 7) is 2.77. The van der Waals surface area contributed by atoms with Crippen molar-refractivity contribution < 1.29 is 23.7 Å². The highest BCUT2D eigenvalue weighted by molar-refractivity contribution is 6.32. The third-order valence-electron chi connectivity index (χ3n) is 2.98. The van der Waals surface area contributed by atoms with Gasteiger partial charge >= 0.3 is 5.97 Å². The second kappa shape index (κ2) is 7.86. The average Bonchev–Trinajstić information content (AvgIpc) is 2.52. The molecule has 6 nitrogen and oxygen atoms in total. The maximum absolute atomic E-state index is 12.0. The van der Waals surface area contributed by atoms with Gasteiger partial charge < -0.3 is 18.9 Å². The van der Waals surface area contributed by atoms with Gasteiger partial charge in [0.2, 0.25) is 0 Å². The molecule has 1 aliphatic heterocycles. The SMILES string of the molecule is COC[C@H](C)OC(=O)/C(C#N)=C/c1cc(Cl)c2c(c1)OCCO2. The van der Waals surface area contributed by atoms with Crippen LogP contribution < -0.4 is 9.47 Å². The molecule has 0 unspecified atom stereocenters. The van der Waals surface area contributed by atoms with Gasteiger partial charge in [-0.15, -0.1) is 0 Å². The predicted octanol–water partition coefficient (Wildman–Crippen LogP) is 2.60. The first-order valence-electron chi connectivity index (χ1n) is 6.96. The maximum atomic E-state index is 12.0. The molecule has 0 bridgehead atoms. The van der Waals surface area contributed by atoms with Gasteiger partial charge in [0.25, 0.3) is 0 Å². The summed E-state index contributed by atoms with van der Waals surface area (Å²) in [6.07, 6.45) is 0.944. The Morgan fingerprint density at radius 2 is 2.22 bits per heavy atom. The number of halogens is 1. The lowest BCUT2D eigenvalue weighted by atomic mass is 10.1. The molecule has 0 N–H and O–H groups in total. The molecule has 0 saturated carbocycles. The van der Waals surface area contributed by atoms with Gasteiger partial charge in [-0.05, 0) is 30.7 Å². The van der Waals surface area contributed by atoms with E-state index in [1.54, 1.807) is 19.1 Å². The van der Waals surface area contributed by atoms with E-state index >= 15 is 0 Å². The van der Waals surface area contributed by atoms with Crippen molar-refractivity contribution in [3.05, 3.63) is 28.3 Å². The van der Waals surface area contributed by atoms with E-state index in [1.807, 2.05) is 6.07 Å². The number of carbonyl (C=O) groups is 1. The standard InChI is InChI=1S/C16H16ClNO5/c1-10(9-20-2)23-16(19)12(8-18)5-11-6-13(17)15-14(7-11)21-3-4-22-15/h5-7,10H,3-4,9H2,1-2H3/b12-5+/t10-/m0/s1. The molecule has 1 aromatic carbocycles. The molecular formula is C16H16ClNO5. The van der Waals surface area contributed by atoms with Crippen LogP contribution in [0.15, 0.2) is 17.7 Å². The van der Waals surface area contributed by atoms with E-state index in [1.165, 1.54) is 13.2 Å². The lowest BCUT2D eigenvalue weighted by Crippen LogP contribution is -2.20. The fraction of sp³-hybridized carbons (Fsp3) is 0.375. The number of methoxy groups -OCH3 is 1. The highest BCUT2D eigenvalue weighted by atomic mass is 35.5. The molecular weight excluding hydrogens is 322 g/mol. The molecule has 1 aromatic rings. The van der Waals surface area contributed by atoms with Crippen LogP contribution in [-0.4, -0.2) is 39.0 Å². The molecule has 1 atom stereocenters. The minimum atomic E-state index is -0.719. The number of hydrogen-bond acceptors (Lipinski definition) is 6. The number of ether oxygens (including phenoxy) is 4. The average molecular weight is 338 g/mol. The zero-order valence-corrected chi connectivity index (χ0v) is 13.6. The lowest BCUT2D eigenvalue weighted by Gasteiger charge is -2.19. The first kappa shape index (κ1) is 17.1.